The standard InChI is InChI=1S/C17H16BrN5O3S/c18-12-5-4-10(26-12)8-11-15(19)23-17(20-16(11)25)27-13(21-23)9-14(24)22-6-2-1-3-7-22/h4-5,8,19H,1-3,6-7,9H2/b11-8+,19-15?. The summed E-state index contributed by atoms with van der Waals surface area (Å²) in [6.45, 7) is 1.56. The Morgan fingerprint density at radius 3 is 2.81 bits per heavy atom. The first kappa shape index (κ1) is 18.2. The molecule has 0 saturated carbocycles. The quantitative estimate of drug-likeness (QED) is 0.714. The molecule has 1 aromatic rings. The lowest BCUT2D eigenvalue weighted by atomic mass is 10.1. The summed E-state index contributed by atoms with van der Waals surface area (Å²) in [6.07, 6.45) is 4.84. The second kappa shape index (κ2) is 7.43. The van der Waals surface area contributed by atoms with E-state index >= 15 is 0 Å². The van der Waals surface area contributed by atoms with Crippen LogP contribution in [-0.2, 0) is 9.59 Å². The third-order valence-corrected chi connectivity index (χ3v) is 5.72. The van der Waals surface area contributed by atoms with Crippen molar-refractivity contribution >= 4 is 61.6 Å². The first-order valence-electron chi connectivity index (χ1n) is 8.53. The predicted octanol–water partition coefficient (Wildman–Crippen LogP) is 3.06. The van der Waals surface area contributed by atoms with Crippen LogP contribution in [0.1, 0.15) is 31.4 Å². The third-order valence-electron chi connectivity index (χ3n) is 4.39. The Balaban J connectivity index is 1.51. The van der Waals surface area contributed by atoms with E-state index in [0.717, 1.165) is 32.4 Å². The molecule has 1 saturated heterocycles. The number of carbonyl (C=O) groups is 2. The van der Waals surface area contributed by atoms with Crippen molar-refractivity contribution in [2.45, 2.75) is 25.7 Å². The number of nitrogens with zero attached hydrogens (tertiary/aromatic N) is 4. The fourth-order valence-corrected chi connectivity index (χ4v) is 4.23. The van der Waals surface area contributed by atoms with E-state index in [1.54, 1.807) is 12.1 Å². The van der Waals surface area contributed by atoms with Gasteiger partial charge < -0.3 is 9.32 Å². The highest BCUT2D eigenvalue weighted by Crippen LogP contribution is 2.30. The summed E-state index contributed by atoms with van der Waals surface area (Å²) in [5.74, 6) is -0.143. The Labute approximate surface area is 168 Å². The van der Waals surface area contributed by atoms with Gasteiger partial charge in [-0.25, -0.2) is 0 Å². The number of piperidine rings is 1. The van der Waals surface area contributed by atoms with Gasteiger partial charge in [-0.05, 0) is 65.2 Å². The Bertz CT molecular complexity index is 913. The zero-order chi connectivity index (χ0) is 19.0. The van der Waals surface area contributed by atoms with Gasteiger partial charge in [0.15, 0.2) is 10.5 Å². The maximum Gasteiger partial charge on any atom is 0.283 e. The maximum atomic E-state index is 12.4. The van der Waals surface area contributed by atoms with Gasteiger partial charge >= 0.3 is 0 Å². The number of halogens is 1. The number of fused-ring (bicyclic) bond motifs is 1. The number of carbonyl (C=O) groups excluding carboxylic acids is 2. The van der Waals surface area contributed by atoms with Crippen LogP contribution in [0.5, 0.6) is 0 Å². The van der Waals surface area contributed by atoms with Gasteiger partial charge in [0.1, 0.15) is 10.8 Å². The van der Waals surface area contributed by atoms with Crippen molar-refractivity contribution in [1.29, 1.82) is 5.41 Å². The number of hydrogen-bond acceptors (Lipinski definition) is 6. The van der Waals surface area contributed by atoms with Gasteiger partial charge in [-0.3, -0.25) is 15.0 Å². The van der Waals surface area contributed by atoms with Crippen LogP contribution in [-0.4, -0.2) is 50.9 Å². The van der Waals surface area contributed by atoms with E-state index in [4.69, 9.17) is 9.83 Å². The molecule has 1 aromatic heterocycles. The summed E-state index contributed by atoms with van der Waals surface area (Å²) < 4.78 is 5.90. The summed E-state index contributed by atoms with van der Waals surface area (Å²) in [7, 11) is 0. The van der Waals surface area contributed by atoms with Crippen molar-refractivity contribution in [2.24, 2.45) is 10.1 Å². The number of nitrogens with one attached hydrogen (secondary N) is 1. The molecule has 3 aliphatic heterocycles. The average Bonchev–Trinajstić information content (AvgIpc) is 3.25. The molecule has 4 heterocycles. The van der Waals surface area contributed by atoms with Gasteiger partial charge in [-0.2, -0.15) is 15.1 Å². The molecular weight excluding hydrogens is 434 g/mol. The molecule has 0 spiro atoms. The van der Waals surface area contributed by atoms with E-state index in [9.17, 15) is 9.59 Å². The highest BCUT2D eigenvalue weighted by molar-refractivity contribution is 9.10. The monoisotopic (exact) mass is 449 g/mol. The number of likely N-dealkylation sites (tertiary alicyclic amines) is 1. The fourth-order valence-electron chi connectivity index (χ4n) is 3.04. The molecule has 8 nitrogen and oxygen atoms in total. The molecule has 0 bridgehead atoms. The predicted molar refractivity (Wildman–Crippen MR) is 106 cm³/mol. The number of amides is 2. The van der Waals surface area contributed by atoms with Crippen molar-refractivity contribution in [3.63, 3.8) is 0 Å². The molecule has 10 heteroatoms. The molecule has 1 N–H and O–H groups in total. The number of furan rings is 1. The molecule has 1 fully saturated rings. The molecule has 0 radical (unpaired) electrons. The van der Waals surface area contributed by atoms with Gasteiger partial charge in [0.25, 0.3) is 5.91 Å². The molecule has 27 heavy (non-hydrogen) atoms. The number of hydrazone groups is 1. The molecule has 0 atom stereocenters. The van der Waals surface area contributed by atoms with Gasteiger partial charge in [0, 0.05) is 13.1 Å². The lowest BCUT2D eigenvalue weighted by Gasteiger charge is -2.26. The number of amidine groups is 2. The SMILES string of the molecule is N=C1/C(=C\c2ccc(Br)o2)C(=O)N=C2SC(CC(=O)N3CCCCC3)=NN12. The minimum Gasteiger partial charge on any atom is -0.450 e. The summed E-state index contributed by atoms with van der Waals surface area (Å²) in [4.78, 5) is 30.6. The van der Waals surface area contributed by atoms with Crippen LogP contribution in [0, 0.1) is 5.41 Å². The van der Waals surface area contributed by atoms with Crippen LogP contribution in [0.3, 0.4) is 0 Å². The number of rotatable bonds is 3. The van der Waals surface area contributed by atoms with E-state index in [-0.39, 0.29) is 23.7 Å². The zero-order valence-electron chi connectivity index (χ0n) is 14.3. The van der Waals surface area contributed by atoms with E-state index in [1.165, 1.54) is 22.8 Å². The lowest BCUT2D eigenvalue weighted by molar-refractivity contribution is -0.130. The summed E-state index contributed by atoms with van der Waals surface area (Å²) in [5.41, 5.74) is 0.0913. The molecule has 3 aliphatic rings. The van der Waals surface area contributed by atoms with Crippen molar-refractivity contribution in [2.75, 3.05) is 13.1 Å². The molecule has 0 unspecified atom stereocenters. The molecule has 2 amide bonds. The van der Waals surface area contributed by atoms with E-state index in [0.29, 0.717) is 20.6 Å². The smallest absolute Gasteiger partial charge is 0.283 e. The second-order valence-corrected chi connectivity index (χ2v) is 8.10. The topological polar surface area (TPSA) is 102 Å². The zero-order valence-corrected chi connectivity index (χ0v) is 16.7. The number of hydrogen-bond donors (Lipinski definition) is 1. The first-order valence-corrected chi connectivity index (χ1v) is 10.1. The fraction of sp³-hybridized carbons (Fsp3) is 0.353. The van der Waals surface area contributed by atoms with E-state index in [2.05, 4.69) is 26.0 Å². The van der Waals surface area contributed by atoms with Crippen LogP contribution < -0.4 is 0 Å². The second-order valence-electron chi connectivity index (χ2n) is 6.27. The maximum absolute atomic E-state index is 12.4. The van der Waals surface area contributed by atoms with Gasteiger partial charge in [-0.1, -0.05) is 0 Å². The Morgan fingerprint density at radius 1 is 1.33 bits per heavy atom. The third kappa shape index (κ3) is 3.77. The van der Waals surface area contributed by atoms with Crippen LogP contribution in [0.15, 0.2) is 36.9 Å². The molecule has 4 rings (SSSR count). The summed E-state index contributed by atoms with van der Waals surface area (Å²) >= 11 is 4.37. The molecule has 140 valence electrons. The van der Waals surface area contributed by atoms with Crippen LogP contribution >= 0.6 is 27.7 Å². The van der Waals surface area contributed by atoms with Crippen LogP contribution in [0.25, 0.3) is 6.08 Å². The van der Waals surface area contributed by atoms with Crippen molar-refractivity contribution in [1.82, 2.24) is 9.91 Å². The van der Waals surface area contributed by atoms with Crippen LogP contribution in [0.2, 0.25) is 0 Å². The normalized spacial score (nSPS) is 21.4. The van der Waals surface area contributed by atoms with Gasteiger partial charge in [-0.15, -0.1) is 0 Å². The Hall–Kier alpha value is -2.20. The Morgan fingerprint density at radius 2 is 2.11 bits per heavy atom. The van der Waals surface area contributed by atoms with Crippen molar-refractivity contribution in [3.8, 4) is 0 Å². The van der Waals surface area contributed by atoms with E-state index < -0.39 is 5.91 Å². The van der Waals surface area contributed by atoms with Gasteiger partial charge in [0.2, 0.25) is 11.1 Å². The highest BCUT2D eigenvalue weighted by Gasteiger charge is 2.36. The molecule has 0 aromatic carbocycles. The largest absolute Gasteiger partial charge is 0.450 e. The number of aliphatic imine (C=N–C) groups is 1. The summed E-state index contributed by atoms with van der Waals surface area (Å²) in [6, 6.07) is 3.38. The minimum absolute atomic E-state index is 0.0236. The molecule has 0 aliphatic carbocycles. The van der Waals surface area contributed by atoms with Gasteiger partial charge in [0.05, 0.1) is 12.0 Å². The van der Waals surface area contributed by atoms with E-state index in [1.807, 2.05) is 4.90 Å². The Kier molecular flexibility index (Phi) is 5.00. The summed E-state index contributed by atoms with van der Waals surface area (Å²) in [5, 5.41) is 14.8. The average molecular weight is 450 g/mol. The lowest BCUT2D eigenvalue weighted by Crippen LogP contribution is -2.36. The molecular formula is C17H16BrN5O3S. The van der Waals surface area contributed by atoms with Crippen LogP contribution in [0.4, 0.5) is 0 Å². The highest BCUT2D eigenvalue weighted by atomic mass is 79.9. The van der Waals surface area contributed by atoms with Crippen molar-refractivity contribution < 1.29 is 14.0 Å². The minimum atomic E-state index is -0.523. The number of thioether (sulfide) groups is 1. The van der Waals surface area contributed by atoms with Crippen molar-refractivity contribution in [3.05, 3.63) is 28.1 Å². The first-order chi connectivity index (χ1) is 13.0.